The number of benzene rings is 1. The summed E-state index contributed by atoms with van der Waals surface area (Å²) < 4.78 is 0. The van der Waals surface area contributed by atoms with Crippen molar-refractivity contribution in [2.24, 2.45) is 0 Å². The second-order valence-corrected chi connectivity index (χ2v) is 9.92. The lowest BCUT2D eigenvalue weighted by molar-refractivity contribution is -0.960. The molecule has 0 spiro atoms. The minimum absolute atomic E-state index is 0.0221. The van der Waals surface area contributed by atoms with Gasteiger partial charge in [0, 0.05) is 49.2 Å². The molecule has 0 saturated carbocycles. The van der Waals surface area contributed by atoms with Gasteiger partial charge in [0.1, 0.15) is 0 Å². The van der Waals surface area contributed by atoms with E-state index in [0.717, 1.165) is 41.2 Å². The number of pyridine rings is 2. The van der Waals surface area contributed by atoms with Gasteiger partial charge in [-0.2, -0.15) is 0 Å². The SMILES string of the molecule is O=C(NCCC[NH+]1CCC([NH+]2CCCCC2)CC1)c1cc(-c2cccnc2)nc2ccccc12. The van der Waals surface area contributed by atoms with Crippen molar-refractivity contribution in [1.82, 2.24) is 15.3 Å². The summed E-state index contributed by atoms with van der Waals surface area (Å²) in [6, 6.07) is 14.5. The predicted molar refractivity (Wildman–Crippen MR) is 135 cm³/mol. The van der Waals surface area contributed by atoms with E-state index < -0.39 is 0 Å². The van der Waals surface area contributed by atoms with E-state index >= 15 is 0 Å². The number of amides is 1. The Labute approximate surface area is 202 Å². The van der Waals surface area contributed by atoms with Crippen molar-refractivity contribution in [3.63, 3.8) is 0 Å². The van der Waals surface area contributed by atoms with Gasteiger partial charge >= 0.3 is 0 Å². The van der Waals surface area contributed by atoms with E-state index in [1.807, 2.05) is 47.4 Å². The molecule has 1 amide bonds. The average molecular weight is 460 g/mol. The highest BCUT2D eigenvalue weighted by Gasteiger charge is 2.30. The monoisotopic (exact) mass is 459 g/mol. The summed E-state index contributed by atoms with van der Waals surface area (Å²) in [7, 11) is 0. The van der Waals surface area contributed by atoms with Gasteiger partial charge in [0.2, 0.25) is 0 Å². The standard InChI is InChI=1S/C28H35N5O/c34-28(30-14-7-15-32-18-11-23(12-19-32)33-16-4-1-5-17-33)25-20-27(22-8-6-13-29-21-22)31-26-10-3-2-9-24(25)26/h2-3,6,8-10,13,20-21,23H,1,4-5,7,11-12,14-19H2,(H,30,34)/p+2. The van der Waals surface area contributed by atoms with E-state index in [2.05, 4.69) is 10.3 Å². The molecule has 0 atom stereocenters. The van der Waals surface area contributed by atoms with E-state index in [-0.39, 0.29) is 5.91 Å². The highest BCUT2D eigenvalue weighted by Crippen LogP contribution is 2.24. The molecule has 2 aromatic heterocycles. The second-order valence-electron chi connectivity index (χ2n) is 9.92. The maximum atomic E-state index is 13.1. The van der Waals surface area contributed by atoms with Crippen LogP contribution in [0.4, 0.5) is 0 Å². The van der Waals surface area contributed by atoms with Crippen LogP contribution in [-0.4, -0.2) is 61.2 Å². The lowest BCUT2D eigenvalue weighted by Gasteiger charge is -2.36. The van der Waals surface area contributed by atoms with E-state index in [0.29, 0.717) is 12.1 Å². The van der Waals surface area contributed by atoms with Gasteiger partial charge in [-0.15, -0.1) is 0 Å². The summed E-state index contributed by atoms with van der Waals surface area (Å²) in [6.07, 6.45) is 11.5. The summed E-state index contributed by atoms with van der Waals surface area (Å²) >= 11 is 0. The van der Waals surface area contributed by atoms with Gasteiger partial charge in [0.15, 0.2) is 0 Å². The number of rotatable bonds is 7. The van der Waals surface area contributed by atoms with Crippen LogP contribution in [-0.2, 0) is 0 Å². The van der Waals surface area contributed by atoms with Crippen LogP contribution in [0, 0.1) is 0 Å². The Balaban J connectivity index is 1.15. The number of aromatic nitrogens is 2. The number of hydrogen-bond acceptors (Lipinski definition) is 3. The smallest absolute Gasteiger partial charge is 0.252 e. The van der Waals surface area contributed by atoms with Crippen molar-refractivity contribution in [3.05, 3.63) is 60.4 Å². The average Bonchev–Trinajstić information content (AvgIpc) is 2.91. The molecule has 5 rings (SSSR count). The summed E-state index contributed by atoms with van der Waals surface area (Å²) in [5.41, 5.74) is 3.21. The molecule has 6 heteroatoms. The van der Waals surface area contributed by atoms with Crippen LogP contribution >= 0.6 is 0 Å². The van der Waals surface area contributed by atoms with E-state index in [4.69, 9.17) is 4.98 Å². The third-order valence-electron chi connectivity index (χ3n) is 7.68. The lowest BCUT2D eigenvalue weighted by Crippen LogP contribution is -3.21. The Bertz CT molecular complexity index is 1090. The fourth-order valence-electron chi connectivity index (χ4n) is 5.76. The molecule has 2 saturated heterocycles. The molecule has 2 aliphatic heterocycles. The number of para-hydroxylation sites is 1. The summed E-state index contributed by atoms with van der Waals surface area (Å²) in [4.78, 5) is 25.7. The Hall–Kier alpha value is -2.83. The first-order valence-corrected chi connectivity index (χ1v) is 13.0. The molecule has 34 heavy (non-hydrogen) atoms. The highest BCUT2D eigenvalue weighted by atomic mass is 16.1. The maximum Gasteiger partial charge on any atom is 0.252 e. The summed E-state index contributed by atoms with van der Waals surface area (Å²) in [5.74, 6) is -0.0221. The first kappa shape index (κ1) is 22.9. The molecule has 0 bridgehead atoms. The lowest BCUT2D eigenvalue weighted by atomic mass is 10.00. The van der Waals surface area contributed by atoms with Crippen LogP contribution in [0.15, 0.2) is 54.9 Å². The summed E-state index contributed by atoms with van der Waals surface area (Å²) in [5, 5.41) is 4.06. The molecule has 0 aliphatic carbocycles. The molecule has 178 valence electrons. The zero-order valence-electron chi connectivity index (χ0n) is 20.1. The van der Waals surface area contributed by atoms with Gasteiger partial charge in [0.05, 0.1) is 55.5 Å². The van der Waals surface area contributed by atoms with Crippen molar-refractivity contribution in [1.29, 1.82) is 0 Å². The van der Waals surface area contributed by atoms with Gasteiger partial charge in [-0.3, -0.25) is 9.78 Å². The van der Waals surface area contributed by atoms with Crippen LogP contribution in [0.1, 0.15) is 48.9 Å². The van der Waals surface area contributed by atoms with Crippen LogP contribution in [0.2, 0.25) is 0 Å². The largest absolute Gasteiger partial charge is 0.352 e. The van der Waals surface area contributed by atoms with Crippen molar-refractivity contribution in [3.8, 4) is 11.3 Å². The van der Waals surface area contributed by atoms with E-state index in [1.54, 1.807) is 17.3 Å². The number of fused-ring (bicyclic) bond motifs is 1. The molecule has 4 heterocycles. The van der Waals surface area contributed by atoms with E-state index in [1.165, 1.54) is 58.3 Å². The zero-order valence-corrected chi connectivity index (χ0v) is 20.1. The fourth-order valence-corrected chi connectivity index (χ4v) is 5.76. The number of nitrogens with zero attached hydrogens (tertiary/aromatic N) is 2. The van der Waals surface area contributed by atoms with Crippen LogP contribution < -0.4 is 15.1 Å². The second kappa shape index (κ2) is 11.1. The van der Waals surface area contributed by atoms with Gasteiger partial charge in [0.25, 0.3) is 5.91 Å². The quantitative estimate of drug-likeness (QED) is 0.470. The molecule has 6 nitrogen and oxygen atoms in total. The molecule has 3 N–H and O–H groups in total. The molecule has 2 aliphatic rings. The predicted octanol–water partition coefficient (Wildman–Crippen LogP) is 1.53. The van der Waals surface area contributed by atoms with Crippen LogP contribution in [0.3, 0.4) is 0 Å². The van der Waals surface area contributed by atoms with Crippen molar-refractivity contribution in [2.45, 2.75) is 44.6 Å². The van der Waals surface area contributed by atoms with Gasteiger partial charge in [-0.05, 0) is 43.5 Å². The van der Waals surface area contributed by atoms with Gasteiger partial charge in [-0.25, -0.2) is 4.98 Å². The minimum atomic E-state index is -0.0221. The van der Waals surface area contributed by atoms with Crippen LogP contribution in [0.5, 0.6) is 0 Å². The van der Waals surface area contributed by atoms with Gasteiger partial charge in [-0.1, -0.05) is 18.2 Å². The van der Waals surface area contributed by atoms with Crippen molar-refractivity contribution in [2.75, 3.05) is 39.3 Å². The molecule has 0 radical (unpaired) electrons. The Kier molecular flexibility index (Phi) is 7.46. The highest BCUT2D eigenvalue weighted by molar-refractivity contribution is 6.07. The zero-order chi connectivity index (χ0) is 23.2. The Morgan fingerprint density at radius 1 is 1.00 bits per heavy atom. The first-order chi connectivity index (χ1) is 16.8. The number of nitrogens with one attached hydrogen (secondary N) is 3. The normalized spacial score (nSPS) is 21.4. The number of hydrogen-bond donors (Lipinski definition) is 3. The number of piperidine rings is 2. The topological polar surface area (TPSA) is 63.8 Å². The number of quaternary nitrogens is 2. The molecular formula is C28H37N5O+2. The third kappa shape index (κ3) is 5.45. The molecule has 3 aromatic rings. The van der Waals surface area contributed by atoms with Crippen LogP contribution in [0.25, 0.3) is 22.2 Å². The molecular weight excluding hydrogens is 422 g/mol. The Morgan fingerprint density at radius 2 is 1.82 bits per heavy atom. The minimum Gasteiger partial charge on any atom is -0.352 e. The van der Waals surface area contributed by atoms with E-state index in [9.17, 15) is 4.79 Å². The van der Waals surface area contributed by atoms with Crippen molar-refractivity contribution >= 4 is 16.8 Å². The van der Waals surface area contributed by atoms with Gasteiger partial charge < -0.3 is 15.1 Å². The molecule has 1 aromatic carbocycles. The number of carbonyl (C=O) groups is 1. The molecule has 2 fully saturated rings. The van der Waals surface area contributed by atoms with Crippen molar-refractivity contribution < 1.29 is 14.6 Å². The molecule has 0 unspecified atom stereocenters. The summed E-state index contributed by atoms with van der Waals surface area (Å²) in [6.45, 7) is 7.19. The third-order valence-corrected chi connectivity index (χ3v) is 7.68. The maximum absolute atomic E-state index is 13.1. The Morgan fingerprint density at radius 3 is 2.62 bits per heavy atom. The first-order valence-electron chi connectivity index (χ1n) is 13.0. The number of carbonyl (C=O) groups excluding carboxylic acids is 1. The number of likely N-dealkylation sites (tertiary alicyclic amines) is 2. The fraction of sp³-hybridized carbons (Fsp3) is 0.464.